The van der Waals surface area contributed by atoms with Crippen LogP contribution in [0.5, 0.6) is 11.5 Å². The van der Waals surface area contributed by atoms with Gasteiger partial charge in [0.25, 0.3) is 11.7 Å². The van der Waals surface area contributed by atoms with Crippen molar-refractivity contribution in [1.29, 1.82) is 0 Å². The average Bonchev–Trinajstić information content (AvgIpc) is 3.02. The summed E-state index contributed by atoms with van der Waals surface area (Å²) < 4.78 is 11.4. The largest absolute Gasteiger partial charge is 0.507 e. The van der Waals surface area contributed by atoms with E-state index in [1.165, 1.54) is 4.90 Å². The Labute approximate surface area is 202 Å². The number of methoxy groups -OCH3 is 1. The van der Waals surface area contributed by atoms with Crippen LogP contribution >= 0.6 is 0 Å². The SMILES string of the molecule is CCCN1C(=O)C(=O)/C(=C(/O)c2ccc(OC)c(C(C)(C)C)c2)C1c1cccc(OC(C)C)c1. The topological polar surface area (TPSA) is 76.1 Å². The van der Waals surface area contributed by atoms with Crippen molar-refractivity contribution in [3.63, 3.8) is 0 Å². The van der Waals surface area contributed by atoms with E-state index in [1.54, 1.807) is 19.2 Å². The van der Waals surface area contributed by atoms with Gasteiger partial charge in [-0.1, -0.05) is 39.8 Å². The molecule has 0 saturated carbocycles. The molecule has 2 aromatic rings. The van der Waals surface area contributed by atoms with E-state index in [9.17, 15) is 14.7 Å². The van der Waals surface area contributed by atoms with Crippen LogP contribution in [0.2, 0.25) is 0 Å². The molecule has 3 rings (SSSR count). The summed E-state index contributed by atoms with van der Waals surface area (Å²) in [4.78, 5) is 27.7. The first-order valence-electron chi connectivity index (χ1n) is 11.7. The van der Waals surface area contributed by atoms with Gasteiger partial charge in [0.15, 0.2) is 0 Å². The van der Waals surface area contributed by atoms with Crippen LogP contribution in [0.1, 0.15) is 70.7 Å². The molecule has 1 unspecified atom stereocenters. The summed E-state index contributed by atoms with van der Waals surface area (Å²) in [6, 6.07) is 12.0. The lowest BCUT2D eigenvalue weighted by atomic mass is 9.84. The number of Topliss-reactive ketones (excluding diaryl/α,β-unsaturated/α-hetero) is 1. The lowest BCUT2D eigenvalue weighted by molar-refractivity contribution is -0.139. The standard InChI is InChI=1S/C28H35NO5/c1-8-14-29-24(18-10-9-11-20(15-18)34-17(2)3)23(26(31)27(29)32)25(30)19-12-13-22(33-7)21(16-19)28(4,5)6/h9-13,15-17,24,30H,8,14H2,1-7H3/b25-23+. The third-order valence-electron chi connectivity index (χ3n) is 5.83. The number of hydrogen-bond acceptors (Lipinski definition) is 5. The number of hydrogen-bond donors (Lipinski definition) is 1. The van der Waals surface area contributed by atoms with Crippen molar-refractivity contribution in [3.05, 3.63) is 64.7 Å². The monoisotopic (exact) mass is 465 g/mol. The second-order valence-electron chi connectivity index (χ2n) is 9.90. The number of benzene rings is 2. The first kappa shape index (κ1) is 25.3. The van der Waals surface area contributed by atoms with Gasteiger partial charge in [0.05, 0.1) is 24.8 Å². The first-order valence-corrected chi connectivity index (χ1v) is 11.7. The van der Waals surface area contributed by atoms with Crippen LogP contribution in [0, 0.1) is 0 Å². The highest BCUT2D eigenvalue weighted by Crippen LogP contribution is 2.41. The van der Waals surface area contributed by atoms with Gasteiger partial charge < -0.3 is 19.5 Å². The summed E-state index contributed by atoms with van der Waals surface area (Å²) in [5.74, 6) is -0.127. The highest BCUT2D eigenvalue weighted by Gasteiger charge is 2.45. The summed E-state index contributed by atoms with van der Waals surface area (Å²) >= 11 is 0. The molecule has 34 heavy (non-hydrogen) atoms. The molecule has 1 N–H and O–H groups in total. The lowest BCUT2D eigenvalue weighted by Gasteiger charge is -2.26. The van der Waals surface area contributed by atoms with E-state index >= 15 is 0 Å². The minimum atomic E-state index is -0.698. The molecule has 2 aromatic carbocycles. The molecule has 6 heteroatoms. The Hall–Kier alpha value is -3.28. The van der Waals surface area contributed by atoms with Crippen LogP contribution in [-0.2, 0) is 15.0 Å². The van der Waals surface area contributed by atoms with Crippen LogP contribution in [0.3, 0.4) is 0 Å². The molecule has 0 radical (unpaired) electrons. The van der Waals surface area contributed by atoms with E-state index in [-0.39, 0.29) is 22.9 Å². The molecule has 0 aliphatic carbocycles. The Morgan fingerprint density at radius 3 is 2.41 bits per heavy atom. The second-order valence-corrected chi connectivity index (χ2v) is 9.90. The van der Waals surface area contributed by atoms with Gasteiger partial charge in [0.1, 0.15) is 17.3 Å². The Balaban J connectivity index is 2.21. The minimum absolute atomic E-state index is 0.0210. The Kier molecular flexibility index (Phi) is 7.39. The number of amides is 1. The van der Waals surface area contributed by atoms with E-state index in [4.69, 9.17) is 9.47 Å². The zero-order valence-corrected chi connectivity index (χ0v) is 21.1. The number of carbonyl (C=O) groups is 2. The highest BCUT2D eigenvalue weighted by molar-refractivity contribution is 6.46. The summed E-state index contributed by atoms with van der Waals surface area (Å²) in [7, 11) is 1.60. The quantitative estimate of drug-likeness (QED) is 0.327. The zero-order valence-electron chi connectivity index (χ0n) is 21.1. The number of nitrogens with zero attached hydrogens (tertiary/aromatic N) is 1. The third kappa shape index (κ3) is 4.96. The molecule has 1 aliphatic heterocycles. The van der Waals surface area contributed by atoms with Gasteiger partial charge in [-0.2, -0.15) is 0 Å². The molecule has 6 nitrogen and oxygen atoms in total. The van der Waals surface area contributed by atoms with Gasteiger partial charge in [0, 0.05) is 17.7 Å². The fourth-order valence-electron chi connectivity index (χ4n) is 4.33. The van der Waals surface area contributed by atoms with Crippen LogP contribution in [0.25, 0.3) is 5.76 Å². The van der Waals surface area contributed by atoms with E-state index in [2.05, 4.69) is 20.8 Å². The Bertz CT molecular complexity index is 1110. The van der Waals surface area contributed by atoms with Crippen molar-refractivity contribution in [2.45, 2.75) is 65.5 Å². The van der Waals surface area contributed by atoms with Crippen LogP contribution in [-0.4, -0.2) is 41.5 Å². The normalized spacial score (nSPS) is 18.0. The van der Waals surface area contributed by atoms with Gasteiger partial charge in [-0.15, -0.1) is 0 Å². The molecule has 1 atom stereocenters. The van der Waals surface area contributed by atoms with Crippen molar-refractivity contribution >= 4 is 17.4 Å². The Morgan fingerprint density at radius 2 is 1.82 bits per heavy atom. The summed E-state index contributed by atoms with van der Waals surface area (Å²) in [6.07, 6.45) is 0.662. The zero-order chi connectivity index (χ0) is 25.2. The third-order valence-corrected chi connectivity index (χ3v) is 5.83. The van der Waals surface area contributed by atoms with Crippen LogP contribution in [0.4, 0.5) is 0 Å². The number of aliphatic hydroxyl groups is 1. The highest BCUT2D eigenvalue weighted by atomic mass is 16.5. The average molecular weight is 466 g/mol. The molecule has 1 fully saturated rings. The maximum atomic E-state index is 13.2. The summed E-state index contributed by atoms with van der Waals surface area (Å²) in [6.45, 7) is 12.4. The number of carbonyl (C=O) groups excluding carboxylic acids is 2. The van der Waals surface area contributed by atoms with Crippen molar-refractivity contribution in [2.75, 3.05) is 13.7 Å². The minimum Gasteiger partial charge on any atom is -0.507 e. The summed E-state index contributed by atoms with van der Waals surface area (Å²) in [5.41, 5.74) is 1.92. The fourth-order valence-corrected chi connectivity index (χ4v) is 4.33. The Morgan fingerprint density at radius 1 is 1.12 bits per heavy atom. The van der Waals surface area contributed by atoms with Gasteiger partial charge >= 0.3 is 0 Å². The molecular weight excluding hydrogens is 430 g/mol. The van der Waals surface area contributed by atoms with Gasteiger partial charge in [-0.3, -0.25) is 9.59 Å². The van der Waals surface area contributed by atoms with Gasteiger partial charge in [-0.05, 0) is 61.6 Å². The number of ether oxygens (including phenoxy) is 2. The molecule has 1 heterocycles. The van der Waals surface area contributed by atoms with Crippen LogP contribution in [0.15, 0.2) is 48.0 Å². The number of likely N-dealkylation sites (tertiary alicyclic amines) is 1. The van der Waals surface area contributed by atoms with Crippen molar-refractivity contribution in [1.82, 2.24) is 4.90 Å². The second kappa shape index (κ2) is 9.92. The summed E-state index contributed by atoms with van der Waals surface area (Å²) in [5, 5.41) is 11.4. The van der Waals surface area contributed by atoms with E-state index in [0.29, 0.717) is 30.0 Å². The van der Waals surface area contributed by atoms with Crippen molar-refractivity contribution < 1.29 is 24.2 Å². The van der Waals surface area contributed by atoms with Gasteiger partial charge in [-0.25, -0.2) is 0 Å². The first-order chi connectivity index (χ1) is 16.0. The number of aliphatic hydroxyl groups excluding tert-OH is 1. The maximum absolute atomic E-state index is 13.2. The molecule has 0 bridgehead atoms. The van der Waals surface area contributed by atoms with Crippen molar-refractivity contribution in [2.24, 2.45) is 0 Å². The van der Waals surface area contributed by atoms with E-state index in [1.807, 2.05) is 51.1 Å². The number of ketones is 1. The molecule has 1 amide bonds. The predicted octanol–water partition coefficient (Wildman–Crippen LogP) is 5.61. The molecular formula is C28H35NO5. The van der Waals surface area contributed by atoms with E-state index < -0.39 is 17.7 Å². The fraction of sp³-hybridized carbons (Fsp3) is 0.429. The smallest absolute Gasteiger partial charge is 0.295 e. The maximum Gasteiger partial charge on any atom is 0.295 e. The number of rotatable bonds is 7. The lowest BCUT2D eigenvalue weighted by Crippen LogP contribution is -2.30. The molecule has 0 aromatic heterocycles. The van der Waals surface area contributed by atoms with Crippen molar-refractivity contribution in [3.8, 4) is 11.5 Å². The molecule has 182 valence electrons. The van der Waals surface area contributed by atoms with Crippen LogP contribution < -0.4 is 9.47 Å². The predicted molar refractivity (Wildman–Crippen MR) is 133 cm³/mol. The van der Waals surface area contributed by atoms with E-state index in [0.717, 1.165) is 11.1 Å². The molecule has 0 spiro atoms. The molecule has 1 saturated heterocycles. The molecule has 1 aliphatic rings. The van der Waals surface area contributed by atoms with Gasteiger partial charge in [0.2, 0.25) is 0 Å².